The van der Waals surface area contributed by atoms with Crippen LogP contribution in [0.1, 0.15) is 55.6 Å². The van der Waals surface area contributed by atoms with Crippen molar-refractivity contribution in [1.29, 1.82) is 0 Å². The number of pyridine rings is 1. The molecule has 2 saturated heterocycles. The van der Waals surface area contributed by atoms with Crippen LogP contribution in [0.25, 0.3) is 28.0 Å². The van der Waals surface area contributed by atoms with Crippen LogP contribution < -0.4 is 5.73 Å². The van der Waals surface area contributed by atoms with Gasteiger partial charge in [-0.3, -0.25) is 15.0 Å². The van der Waals surface area contributed by atoms with Crippen molar-refractivity contribution in [3.8, 4) is 22.4 Å². The number of benzene rings is 1. The molecule has 2 fully saturated rings. The van der Waals surface area contributed by atoms with Crippen LogP contribution in [0.3, 0.4) is 0 Å². The average Bonchev–Trinajstić information content (AvgIpc) is 3.68. The first kappa shape index (κ1) is 23.0. The molecule has 9 heteroatoms. The predicted octanol–water partition coefficient (Wildman–Crippen LogP) is 4.63. The first-order chi connectivity index (χ1) is 18.7. The maximum Gasteiger partial charge on any atom is 0.165 e. The van der Waals surface area contributed by atoms with Gasteiger partial charge in [0.2, 0.25) is 0 Å². The lowest BCUT2D eigenvalue weighted by Crippen LogP contribution is -2.42. The molecule has 1 aromatic carbocycles. The highest BCUT2D eigenvalue weighted by Gasteiger charge is 2.42. The Bertz CT molecular complexity index is 1540. The minimum Gasteiger partial charge on any atom is -0.383 e. The van der Waals surface area contributed by atoms with Gasteiger partial charge in [-0.2, -0.15) is 14.7 Å². The van der Waals surface area contributed by atoms with Crippen molar-refractivity contribution >= 4 is 11.5 Å². The Hall–Kier alpha value is -4.11. The van der Waals surface area contributed by atoms with E-state index in [1.165, 1.54) is 12.8 Å². The maximum atomic E-state index is 6.75. The number of fused-ring (bicyclic) bond motifs is 3. The third-order valence-electron chi connectivity index (χ3n) is 8.38. The van der Waals surface area contributed by atoms with E-state index >= 15 is 0 Å². The summed E-state index contributed by atoms with van der Waals surface area (Å²) in [6.45, 7) is 2.99. The van der Waals surface area contributed by atoms with Gasteiger partial charge in [-0.25, -0.2) is 9.97 Å². The number of nitrogen functional groups attached to an aromatic ring is 1. The molecule has 0 amide bonds. The van der Waals surface area contributed by atoms with Crippen molar-refractivity contribution in [2.75, 3.05) is 5.73 Å². The van der Waals surface area contributed by atoms with Gasteiger partial charge in [-0.1, -0.05) is 43.3 Å². The number of piperidine rings is 1. The molecule has 0 spiro atoms. The van der Waals surface area contributed by atoms with Crippen molar-refractivity contribution in [3.05, 3.63) is 78.3 Å². The van der Waals surface area contributed by atoms with E-state index in [9.17, 15) is 0 Å². The van der Waals surface area contributed by atoms with Crippen molar-refractivity contribution in [2.45, 2.75) is 63.6 Å². The Labute approximate surface area is 221 Å². The summed E-state index contributed by atoms with van der Waals surface area (Å²) in [6.07, 6.45) is 10.8. The molecule has 5 aromatic rings. The predicted molar refractivity (Wildman–Crippen MR) is 146 cm³/mol. The summed E-state index contributed by atoms with van der Waals surface area (Å²) in [5, 5.41) is 11.7. The fourth-order valence-electron chi connectivity index (χ4n) is 6.54. The number of anilines is 1. The zero-order valence-corrected chi connectivity index (χ0v) is 21.5. The quantitative estimate of drug-likeness (QED) is 0.346. The molecular formula is C29H31N9. The zero-order chi connectivity index (χ0) is 25.6. The summed E-state index contributed by atoms with van der Waals surface area (Å²) in [7, 11) is 0. The van der Waals surface area contributed by atoms with Crippen LogP contribution in [-0.2, 0) is 13.0 Å². The molecular weight excluding hydrogens is 474 g/mol. The fraction of sp³-hybridized carbons (Fsp3) is 0.345. The molecule has 0 radical (unpaired) electrons. The standard InChI is InChI=1S/C29H31N9/c1-2-23-27(20-12-21-9-10-22(13-20)37(21)16-26-32-17-33-36-26)35-29-24(15-34-38(29)28(23)30)19-8-11-25(31-14-19)18-6-4-3-5-7-18/h3-8,11,14-15,17,20-22H,2,9-10,12-13,16,30H2,1H3,(H,32,33,36)/t20?,21-,22+. The Balaban J connectivity index is 1.23. The van der Waals surface area contributed by atoms with Gasteiger partial charge in [-0.15, -0.1) is 0 Å². The van der Waals surface area contributed by atoms with Crippen molar-refractivity contribution in [2.24, 2.45) is 0 Å². The number of nitrogens with one attached hydrogen (secondary N) is 1. The Morgan fingerprint density at radius 2 is 1.79 bits per heavy atom. The average molecular weight is 506 g/mol. The van der Waals surface area contributed by atoms with E-state index in [4.69, 9.17) is 15.7 Å². The summed E-state index contributed by atoms with van der Waals surface area (Å²) < 4.78 is 1.80. The molecule has 2 bridgehead atoms. The number of hydrogen-bond acceptors (Lipinski definition) is 7. The molecule has 1 unspecified atom stereocenters. The molecule has 0 saturated carbocycles. The molecule has 9 nitrogen and oxygen atoms in total. The molecule has 2 aliphatic heterocycles. The molecule has 3 N–H and O–H groups in total. The van der Waals surface area contributed by atoms with Crippen LogP contribution in [0.5, 0.6) is 0 Å². The van der Waals surface area contributed by atoms with Crippen molar-refractivity contribution in [3.63, 3.8) is 0 Å². The highest BCUT2D eigenvalue weighted by Crippen LogP contribution is 2.45. The van der Waals surface area contributed by atoms with E-state index in [1.807, 2.05) is 30.6 Å². The van der Waals surface area contributed by atoms with E-state index in [-0.39, 0.29) is 0 Å². The van der Waals surface area contributed by atoms with Crippen LogP contribution in [-0.4, -0.2) is 51.7 Å². The first-order valence-corrected chi connectivity index (χ1v) is 13.5. The lowest BCUT2D eigenvalue weighted by molar-refractivity contribution is 0.114. The summed E-state index contributed by atoms with van der Waals surface area (Å²) >= 11 is 0. The highest BCUT2D eigenvalue weighted by atomic mass is 15.3. The number of H-pyrrole nitrogens is 1. The molecule has 192 valence electrons. The van der Waals surface area contributed by atoms with Gasteiger partial charge in [0.1, 0.15) is 18.0 Å². The third-order valence-corrected chi connectivity index (χ3v) is 8.38. The minimum atomic E-state index is 0.377. The van der Waals surface area contributed by atoms with E-state index < -0.39 is 0 Å². The lowest BCUT2D eigenvalue weighted by Gasteiger charge is -2.38. The first-order valence-electron chi connectivity index (χ1n) is 13.5. The number of nitrogens with two attached hydrogens (primary N) is 1. The normalized spacial score (nSPS) is 21.3. The van der Waals surface area contributed by atoms with Crippen LogP contribution in [0.2, 0.25) is 0 Å². The molecule has 7 rings (SSSR count). The van der Waals surface area contributed by atoms with Gasteiger partial charge >= 0.3 is 0 Å². The number of aromatic nitrogens is 7. The highest BCUT2D eigenvalue weighted by molar-refractivity contribution is 5.79. The summed E-state index contributed by atoms with van der Waals surface area (Å²) in [4.78, 5) is 17.0. The number of aromatic amines is 1. The number of nitrogens with zero attached hydrogens (tertiary/aromatic N) is 7. The van der Waals surface area contributed by atoms with E-state index in [2.05, 4.69) is 56.4 Å². The van der Waals surface area contributed by atoms with E-state index in [0.717, 1.165) is 70.9 Å². The Morgan fingerprint density at radius 1 is 0.974 bits per heavy atom. The molecule has 2 aliphatic rings. The SMILES string of the molecule is CCc1c(C2C[C@H]3CC[C@@H](C2)N3Cc2ncn[nH]2)nc2c(-c3ccc(-c4ccccc4)nc3)cnn2c1N. The van der Waals surface area contributed by atoms with Crippen LogP contribution in [0.4, 0.5) is 5.82 Å². The van der Waals surface area contributed by atoms with Gasteiger partial charge in [0.25, 0.3) is 0 Å². The Kier molecular flexibility index (Phi) is 5.65. The fourth-order valence-corrected chi connectivity index (χ4v) is 6.54. The zero-order valence-electron chi connectivity index (χ0n) is 21.5. The molecule has 6 heterocycles. The van der Waals surface area contributed by atoms with Gasteiger partial charge in [-0.05, 0) is 38.2 Å². The van der Waals surface area contributed by atoms with Gasteiger partial charge in [0.05, 0.1) is 24.1 Å². The molecule has 38 heavy (non-hydrogen) atoms. The summed E-state index contributed by atoms with van der Waals surface area (Å²) in [5.74, 6) is 2.01. The largest absolute Gasteiger partial charge is 0.383 e. The maximum absolute atomic E-state index is 6.75. The molecule has 3 atom stereocenters. The van der Waals surface area contributed by atoms with Gasteiger partial charge in [0.15, 0.2) is 5.65 Å². The van der Waals surface area contributed by atoms with Crippen molar-refractivity contribution < 1.29 is 0 Å². The van der Waals surface area contributed by atoms with Crippen LogP contribution in [0, 0.1) is 0 Å². The molecule has 0 aliphatic carbocycles. The van der Waals surface area contributed by atoms with Crippen LogP contribution in [0.15, 0.2) is 61.2 Å². The third kappa shape index (κ3) is 3.85. The second-order valence-corrected chi connectivity index (χ2v) is 10.5. The Morgan fingerprint density at radius 3 is 2.47 bits per heavy atom. The smallest absolute Gasteiger partial charge is 0.165 e. The summed E-state index contributed by atoms with van der Waals surface area (Å²) in [5.41, 5.74) is 13.8. The second-order valence-electron chi connectivity index (χ2n) is 10.5. The number of rotatable bonds is 6. The minimum absolute atomic E-state index is 0.377. The summed E-state index contributed by atoms with van der Waals surface area (Å²) in [6, 6.07) is 15.4. The van der Waals surface area contributed by atoms with E-state index in [1.54, 1.807) is 10.8 Å². The molecule has 4 aromatic heterocycles. The van der Waals surface area contributed by atoms with Crippen molar-refractivity contribution in [1.82, 2.24) is 39.7 Å². The number of hydrogen-bond donors (Lipinski definition) is 2. The lowest BCUT2D eigenvalue weighted by atomic mass is 9.85. The van der Waals surface area contributed by atoms with Gasteiger partial charge < -0.3 is 5.73 Å². The monoisotopic (exact) mass is 505 g/mol. The van der Waals surface area contributed by atoms with Gasteiger partial charge in [0, 0.05) is 46.5 Å². The second kappa shape index (κ2) is 9.33. The topological polar surface area (TPSA) is 114 Å². The van der Waals surface area contributed by atoms with Crippen LogP contribution >= 0.6 is 0 Å². The van der Waals surface area contributed by atoms with E-state index in [0.29, 0.717) is 23.8 Å².